The molecule has 1 N–H and O–H groups in total. The van der Waals surface area contributed by atoms with Crippen LogP contribution in [0.5, 0.6) is 5.75 Å². The van der Waals surface area contributed by atoms with Gasteiger partial charge in [0.25, 0.3) is 0 Å². The molecular formula is C12H16F3NO. The van der Waals surface area contributed by atoms with E-state index >= 15 is 0 Å². The Kier molecular flexibility index (Phi) is 4.81. The molecule has 0 radical (unpaired) electrons. The molecule has 0 spiro atoms. The van der Waals surface area contributed by atoms with Gasteiger partial charge in [0.2, 0.25) is 0 Å². The van der Waals surface area contributed by atoms with Crippen molar-refractivity contribution >= 4 is 0 Å². The van der Waals surface area contributed by atoms with E-state index in [0.717, 1.165) is 18.6 Å². The van der Waals surface area contributed by atoms with Gasteiger partial charge in [-0.25, -0.2) is 0 Å². The SMILES string of the molecule is CCC(CNC)Oc1ccc(C(F)(F)F)cc1. The molecule has 0 heterocycles. The topological polar surface area (TPSA) is 21.3 Å². The normalized spacial score (nSPS) is 13.5. The van der Waals surface area contributed by atoms with Gasteiger partial charge in [-0.3, -0.25) is 0 Å². The molecule has 2 nitrogen and oxygen atoms in total. The number of alkyl halides is 3. The van der Waals surface area contributed by atoms with Crippen molar-refractivity contribution in [3.05, 3.63) is 29.8 Å². The van der Waals surface area contributed by atoms with Gasteiger partial charge >= 0.3 is 6.18 Å². The Morgan fingerprint density at radius 2 is 1.82 bits per heavy atom. The molecule has 0 aliphatic carbocycles. The van der Waals surface area contributed by atoms with Gasteiger partial charge in [-0.1, -0.05) is 6.92 Å². The minimum Gasteiger partial charge on any atom is -0.489 e. The summed E-state index contributed by atoms with van der Waals surface area (Å²) in [5, 5.41) is 2.97. The van der Waals surface area contributed by atoms with E-state index in [2.05, 4.69) is 5.32 Å². The Morgan fingerprint density at radius 3 is 2.24 bits per heavy atom. The number of benzene rings is 1. The fourth-order valence-corrected chi connectivity index (χ4v) is 1.41. The summed E-state index contributed by atoms with van der Waals surface area (Å²) in [6.07, 6.45) is -3.54. The van der Waals surface area contributed by atoms with Gasteiger partial charge in [0, 0.05) is 6.54 Å². The van der Waals surface area contributed by atoms with Crippen LogP contribution in [0.2, 0.25) is 0 Å². The standard InChI is InChI=1S/C12H16F3NO/c1-3-10(8-16-2)17-11-6-4-9(5-7-11)12(13,14)15/h4-7,10,16H,3,8H2,1-2H3. The zero-order valence-corrected chi connectivity index (χ0v) is 9.84. The monoisotopic (exact) mass is 247 g/mol. The number of hydrogen-bond acceptors (Lipinski definition) is 2. The van der Waals surface area contributed by atoms with Crippen LogP contribution in [0.1, 0.15) is 18.9 Å². The third kappa shape index (κ3) is 4.26. The second kappa shape index (κ2) is 5.91. The molecule has 0 fully saturated rings. The lowest BCUT2D eigenvalue weighted by molar-refractivity contribution is -0.137. The maximum atomic E-state index is 12.3. The minimum atomic E-state index is -4.30. The summed E-state index contributed by atoms with van der Waals surface area (Å²) < 4.78 is 42.5. The molecule has 1 unspecified atom stereocenters. The van der Waals surface area contributed by atoms with E-state index in [0.29, 0.717) is 12.3 Å². The van der Waals surface area contributed by atoms with Crippen LogP contribution in [0.3, 0.4) is 0 Å². The largest absolute Gasteiger partial charge is 0.489 e. The summed E-state index contributed by atoms with van der Waals surface area (Å²) in [7, 11) is 1.80. The molecule has 0 aliphatic heterocycles. The highest BCUT2D eigenvalue weighted by Gasteiger charge is 2.30. The van der Waals surface area contributed by atoms with Crippen molar-refractivity contribution in [2.24, 2.45) is 0 Å². The van der Waals surface area contributed by atoms with Crippen molar-refractivity contribution in [2.45, 2.75) is 25.6 Å². The van der Waals surface area contributed by atoms with Crippen LogP contribution in [0.4, 0.5) is 13.2 Å². The van der Waals surface area contributed by atoms with Crippen molar-refractivity contribution in [2.75, 3.05) is 13.6 Å². The van der Waals surface area contributed by atoms with Crippen LogP contribution >= 0.6 is 0 Å². The second-order valence-corrected chi connectivity index (χ2v) is 3.73. The summed E-state index contributed by atoms with van der Waals surface area (Å²) in [5.41, 5.74) is -0.661. The molecule has 96 valence electrons. The van der Waals surface area contributed by atoms with Crippen LogP contribution in [-0.2, 0) is 6.18 Å². The number of rotatable bonds is 5. The van der Waals surface area contributed by atoms with Gasteiger partial charge in [0.05, 0.1) is 5.56 Å². The zero-order chi connectivity index (χ0) is 12.9. The van der Waals surface area contributed by atoms with E-state index in [1.165, 1.54) is 12.1 Å². The summed E-state index contributed by atoms with van der Waals surface area (Å²) in [6, 6.07) is 4.76. The van der Waals surface area contributed by atoms with E-state index in [1.807, 2.05) is 6.92 Å². The molecule has 5 heteroatoms. The number of likely N-dealkylation sites (N-methyl/N-ethyl adjacent to an activating group) is 1. The summed E-state index contributed by atoms with van der Waals surface area (Å²) >= 11 is 0. The van der Waals surface area contributed by atoms with E-state index in [1.54, 1.807) is 7.05 Å². The number of ether oxygens (including phenoxy) is 1. The molecule has 0 aliphatic rings. The number of hydrogen-bond donors (Lipinski definition) is 1. The third-order valence-corrected chi connectivity index (χ3v) is 2.37. The molecule has 1 aromatic rings. The molecular weight excluding hydrogens is 231 g/mol. The molecule has 0 aromatic heterocycles. The van der Waals surface area contributed by atoms with Gasteiger partial charge in [-0.15, -0.1) is 0 Å². The van der Waals surface area contributed by atoms with Crippen LogP contribution in [-0.4, -0.2) is 19.7 Å². The summed E-state index contributed by atoms with van der Waals surface area (Å²) in [4.78, 5) is 0. The lowest BCUT2D eigenvalue weighted by Crippen LogP contribution is -2.28. The summed E-state index contributed by atoms with van der Waals surface area (Å²) in [5.74, 6) is 0.458. The average Bonchev–Trinajstić information content (AvgIpc) is 2.28. The van der Waals surface area contributed by atoms with Gasteiger partial charge in [-0.2, -0.15) is 13.2 Å². The lowest BCUT2D eigenvalue weighted by atomic mass is 10.2. The first-order valence-electron chi connectivity index (χ1n) is 5.46. The van der Waals surface area contributed by atoms with Crippen molar-refractivity contribution in [3.8, 4) is 5.75 Å². The molecule has 0 amide bonds. The van der Waals surface area contributed by atoms with Crippen molar-refractivity contribution in [1.29, 1.82) is 0 Å². The Balaban J connectivity index is 2.68. The maximum absolute atomic E-state index is 12.3. The lowest BCUT2D eigenvalue weighted by Gasteiger charge is -2.17. The molecule has 0 bridgehead atoms. The van der Waals surface area contributed by atoms with Gasteiger partial charge in [0.15, 0.2) is 0 Å². The predicted octanol–water partition coefficient (Wildman–Crippen LogP) is 3.08. The van der Waals surface area contributed by atoms with Gasteiger partial charge in [0.1, 0.15) is 11.9 Å². The van der Waals surface area contributed by atoms with Crippen molar-refractivity contribution in [1.82, 2.24) is 5.32 Å². The first-order chi connectivity index (χ1) is 7.97. The highest BCUT2D eigenvalue weighted by molar-refractivity contribution is 5.29. The molecule has 0 saturated heterocycles. The average molecular weight is 247 g/mol. The van der Waals surface area contributed by atoms with Crippen LogP contribution in [0.25, 0.3) is 0 Å². The minimum absolute atomic E-state index is 0.0308. The van der Waals surface area contributed by atoms with E-state index in [9.17, 15) is 13.2 Å². The Labute approximate surface area is 98.8 Å². The van der Waals surface area contributed by atoms with Crippen LogP contribution in [0.15, 0.2) is 24.3 Å². The van der Waals surface area contributed by atoms with E-state index < -0.39 is 11.7 Å². The smallest absolute Gasteiger partial charge is 0.416 e. The fraction of sp³-hybridized carbons (Fsp3) is 0.500. The van der Waals surface area contributed by atoms with E-state index in [-0.39, 0.29) is 6.10 Å². The maximum Gasteiger partial charge on any atom is 0.416 e. The highest BCUT2D eigenvalue weighted by Crippen LogP contribution is 2.30. The van der Waals surface area contributed by atoms with Crippen LogP contribution < -0.4 is 10.1 Å². The number of halogens is 3. The predicted molar refractivity (Wildman–Crippen MR) is 60.1 cm³/mol. The van der Waals surface area contributed by atoms with Gasteiger partial charge in [-0.05, 0) is 37.7 Å². The third-order valence-electron chi connectivity index (χ3n) is 2.37. The Morgan fingerprint density at radius 1 is 1.24 bits per heavy atom. The second-order valence-electron chi connectivity index (χ2n) is 3.73. The van der Waals surface area contributed by atoms with Crippen molar-refractivity contribution < 1.29 is 17.9 Å². The molecule has 1 rings (SSSR count). The molecule has 1 atom stereocenters. The van der Waals surface area contributed by atoms with Crippen LogP contribution in [0, 0.1) is 0 Å². The molecule has 17 heavy (non-hydrogen) atoms. The van der Waals surface area contributed by atoms with E-state index in [4.69, 9.17) is 4.74 Å². The first kappa shape index (κ1) is 13.8. The summed E-state index contributed by atoms with van der Waals surface area (Å²) in [6.45, 7) is 2.63. The molecule has 1 aromatic carbocycles. The Bertz CT molecular complexity index is 335. The Hall–Kier alpha value is -1.23. The highest BCUT2D eigenvalue weighted by atomic mass is 19.4. The molecule has 0 saturated carbocycles. The number of nitrogens with one attached hydrogen (secondary N) is 1. The quantitative estimate of drug-likeness (QED) is 0.863. The first-order valence-corrected chi connectivity index (χ1v) is 5.46. The van der Waals surface area contributed by atoms with Gasteiger partial charge < -0.3 is 10.1 Å². The fourth-order valence-electron chi connectivity index (χ4n) is 1.41. The zero-order valence-electron chi connectivity index (χ0n) is 9.84. The van der Waals surface area contributed by atoms with Crippen molar-refractivity contribution in [3.63, 3.8) is 0 Å².